The molecule has 0 N–H and O–H groups in total. The van der Waals surface area contributed by atoms with Crippen LogP contribution in [0.2, 0.25) is 0 Å². The summed E-state index contributed by atoms with van der Waals surface area (Å²) in [6.45, 7) is 17.2. The predicted octanol–water partition coefficient (Wildman–Crippen LogP) is -1.14. The van der Waals surface area contributed by atoms with E-state index in [4.69, 9.17) is 18.9 Å². The summed E-state index contributed by atoms with van der Waals surface area (Å²) < 4.78 is 19.5. The molecule has 18 heteroatoms. The summed E-state index contributed by atoms with van der Waals surface area (Å²) in [5.41, 5.74) is 0. The van der Waals surface area contributed by atoms with E-state index in [2.05, 4.69) is 20.0 Å². The summed E-state index contributed by atoms with van der Waals surface area (Å²) >= 11 is 0. The summed E-state index contributed by atoms with van der Waals surface area (Å²) in [4.78, 5) is 58.0. The van der Waals surface area contributed by atoms with Crippen molar-refractivity contribution in [2.24, 2.45) is 43.6 Å². The van der Waals surface area contributed by atoms with Crippen molar-refractivity contribution in [3.63, 3.8) is 0 Å². The third-order valence-electron chi connectivity index (χ3n) is 6.00. The molecule has 0 saturated heterocycles. The van der Waals surface area contributed by atoms with Crippen molar-refractivity contribution in [1.82, 2.24) is 0 Å². The second-order valence-electron chi connectivity index (χ2n) is 13.1. The average molecular weight is 887 g/mol. The molecule has 4 rings (SSSR count). The Kier molecular flexibility index (Phi) is 24.6. The molecule has 0 fully saturated rings. The molecule has 0 aromatic heterocycles. The molecule has 0 unspecified atom stereocenters. The summed E-state index contributed by atoms with van der Waals surface area (Å²) in [5, 5.41) is 41.5. The maximum absolute atomic E-state index is 11.0. The molecular weight excluding hydrogens is 838 g/mol. The van der Waals surface area contributed by atoms with E-state index in [1.165, 1.54) is 0 Å². The number of hydrogen-bond acceptors (Lipinski definition) is 16. The van der Waals surface area contributed by atoms with Gasteiger partial charge in [-0.3, -0.25) is 20.0 Å². The van der Waals surface area contributed by atoms with E-state index in [0.717, 1.165) is 0 Å². The van der Waals surface area contributed by atoms with Gasteiger partial charge in [0.1, 0.15) is 0 Å². The van der Waals surface area contributed by atoms with E-state index in [0.29, 0.717) is 50.1 Å². The molecule has 0 bridgehead atoms. The minimum Gasteiger partial charge on any atom is -0.862 e. The number of esters is 4. The first-order valence-electron chi connectivity index (χ1n) is 16.0. The zero-order valence-corrected chi connectivity index (χ0v) is 32.9. The fraction of sp³-hybridized carbons (Fsp3) is 0.750. The number of carbonyl (C=O) groups is 4. The molecular formula is C32H48N4O12Rh2. The smallest absolute Gasteiger partial charge is 0.862 e. The molecule has 4 aliphatic rings. The molecule has 0 amide bonds. The van der Waals surface area contributed by atoms with Crippen molar-refractivity contribution >= 4 is 47.5 Å². The normalized spacial score (nSPS) is 20.7. The third-order valence-corrected chi connectivity index (χ3v) is 6.00. The Morgan fingerprint density at radius 2 is 0.600 bits per heavy atom. The van der Waals surface area contributed by atoms with Crippen molar-refractivity contribution in [2.75, 3.05) is 26.4 Å². The third kappa shape index (κ3) is 20.6. The number of aliphatic imine (C=N–C) groups is 4. The second kappa shape index (κ2) is 25.0. The Morgan fingerprint density at radius 3 is 0.700 bits per heavy atom. The summed E-state index contributed by atoms with van der Waals surface area (Å²) in [6.07, 6.45) is 0.877. The van der Waals surface area contributed by atoms with Gasteiger partial charge >= 0.3 is 62.8 Å². The Hall–Kier alpha value is -2.99. The molecule has 4 aliphatic heterocycles. The molecule has 16 nitrogen and oxygen atoms in total. The molecule has 0 spiro atoms. The quantitative estimate of drug-likeness (QED) is 0.128. The van der Waals surface area contributed by atoms with E-state index >= 15 is 0 Å². The van der Waals surface area contributed by atoms with Crippen LogP contribution >= 0.6 is 0 Å². The van der Waals surface area contributed by atoms with Gasteiger partial charge in [0, 0.05) is 25.7 Å². The van der Waals surface area contributed by atoms with Crippen LogP contribution < -0.4 is 20.4 Å². The summed E-state index contributed by atoms with van der Waals surface area (Å²) in [6, 6.07) is -2.07. The number of carbonyl (C=O) groups excluding carboxylic acids is 4. The van der Waals surface area contributed by atoms with Crippen molar-refractivity contribution in [1.29, 1.82) is 0 Å². The number of ether oxygens (including phenoxy) is 4. The van der Waals surface area contributed by atoms with Gasteiger partial charge in [0.2, 0.25) is 0 Å². The predicted molar refractivity (Wildman–Crippen MR) is 167 cm³/mol. The topological polar surface area (TPSA) is 247 Å². The fourth-order valence-corrected chi connectivity index (χ4v) is 3.22. The number of nitrogens with zero attached hydrogens (tertiary/aromatic N) is 4. The zero-order valence-electron chi connectivity index (χ0n) is 29.6. The largest absolute Gasteiger partial charge is 2.00 e. The summed E-state index contributed by atoms with van der Waals surface area (Å²) in [5.74, 6) is -1.02. The molecule has 4 heterocycles. The Bertz CT molecular complexity index is 1040. The molecule has 2 radical (unpaired) electrons. The van der Waals surface area contributed by atoms with Crippen molar-refractivity contribution in [2.45, 2.75) is 105 Å². The van der Waals surface area contributed by atoms with E-state index in [1.807, 2.05) is 55.4 Å². The second-order valence-corrected chi connectivity index (χ2v) is 13.1. The van der Waals surface area contributed by atoms with Gasteiger partial charge in [0.05, 0.1) is 26.4 Å². The number of rotatable bonds is 12. The van der Waals surface area contributed by atoms with Crippen molar-refractivity contribution < 1.29 is 97.5 Å². The Morgan fingerprint density at radius 1 is 0.460 bits per heavy atom. The van der Waals surface area contributed by atoms with Crippen molar-refractivity contribution in [3.8, 4) is 0 Å². The van der Waals surface area contributed by atoms with Crippen molar-refractivity contribution in [3.05, 3.63) is 0 Å². The molecule has 0 aliphatic carbocycles. The standard InChI is InChI=1S/4C8H13NO3.2Rh/c4*1-5(2)4-12-8(11)6-3-7(10)9-6;;/h4*5-6H,3-4H2,1-2H3,(H,9,10);;/q;;;;2*+2/p-4/t4*6-;;/m0000../s1. The van der Waals surface area contributed by atoms with Gasteiger partial charge in [-0.1, -0.05) is 55.4 Å². The first-order valence-corrected chi connectivity index (χ1v) is 16.0. The van der Waals surface area contributed by atoms with Crippen LogP contribution in [-0.4, -0.2) is 98.1 Å². The maximum Gasteiger partial charge on any atom is 2.00 e. The van der Waals surface area contributed by atoms with Gasteiger partial charge in [-0.15, -0.1) is 0 Å². The van der Waals surface area contributed by atoms with Crippen LogP contribution in [0.4, 0.5) is 0 Å². The van der Waals surface area contributed by atoms with Crippen LogP contribution in [0.5, 0.6) is 0 Å². The molecule has 0 aromatic rings. The van der Waals surface area contributed by atoms with Crippen LogP contribution in [0.1, 0.15) is 81.1 Å². The van der Waals surface area contributed by atoms with Gasteiger partial charge in [0.25, 0.3) is 0 Å². The van der Waals surface area contributed by atoms with Crippen LogP contribution in [0.15, 0.2) is 20.0 Å². The van der Waals surface area contributed by atoms with E-state index in [1.54, 1.807) is 0 Å². The molecule has 286 valence electrons. The van der Waals surface area contributed by atoms with Gasteiger partial charge in [-0.05, 0) is 47.3 Å². The SMILES string of the molecule is CC(C)COC(=O)[C@@H]1CC([O-])=N1.CC(C)COC(=O)[C@@H]1CC([O-])=N1.CC(C)COC(=O)[C@@H]1CC([O-])=N1.CC(C)COC(=O)[C@@H]1CC([O-])=N1.[Rh+2].[Rh+2]. The van der Waals surface area contributed by atoms with Gasteiger partial charge < -0.3 is 39.4 Å². The Labute approximate surface area is 319 Å². The minimum absolute atomic E-state index is 0. The Balaban J connectivity index is 0. The first-order chi connectivity index (χ1) is 22.4. The van der Waals surface area contributed by atoms with E-state index in [9.17, 15) is 39.6 Å². The zero-order chi connectivity index (χ0) is 36.6. The van der Waals surface area contributed by atoms with Crippen LogP contribution in [0.3, 0.4) is 0 Å². The van der Waals surface area contributed by atoms with Crippen LogP contribution in [0, 0.1) is 23.7 Å². The van der Waals surface area contributed by atoms with Crippen LogP contribution in [0.25, 0.3) is 0 Å². The number of hydrogen-bond donors (Lipinski definition) is 0. The molecule has 0 aromatic carbocycles. The van der Waals surface area contributed by atoms with Gasteiger partial charge in [0.15, 0.2) is 24.2 Å². The van der Waals surface area contributed by atoms with Crippen LogP contribution in [-0.2, 0) is 77.1 Å². The van der Waals surface area contributed by atoms with Gasteiger partial charge in [-0.2, -0.15) is 0 Å². The molecule has 50 heavy (non-hydrogen) atoms. The summed E-state index contributed by atoms with van der Waals surface area (Å²) in [7, 11) is 0. The molecule has 0 saturated carbocycles. The van der Waals surface area contributed by atoms with Gasteiger partial charge in [-0.25, -0.2) is 19.2 Å². The molecule has 4 atom stereocenters. The fourth-order valence-electron chi connectivity index (χ4n) is 3.22. The first kappa shape index (κ1) is 49.1. The maximum atomic E-state index is 11.0. The monoisotopic (exact) mass is 886 g/mol. The minimum atomic E-state index is -0.517. The van der Waals surface area contributed by atoms with E-state index < -0.39 is 24.2 Å². The van der Waals surface area contributed by atoms with E-state index in [-0.39, 0.29) is 112 Å². The average Bonchev–Trinajstić information content (AvgIpc) is 2.94.